The Morgan fingerprint density at radius 3 is 2.45 bits per heavy atom. The van der Waals surface area contributed by atoms with Crippen molar-refractivity contribution >= 4 is 18.0 Å². The quantitative estimate of drug-likeness (QED) is 0.722. The van der Waals surface area contributed by atoms with E-state index in [1.165, 1.54) is 16.7 Å². The van der Waals surface area contributed by atoms with Gasteiger partial charge in [0.2, 0.25) is 0 Å². The molecule has 0 bridgehead atoms. The van der Waals surface area contributed by atoms with Crippen molar-refractivity contribution in [3.63, 3.8) is 0 Å². The molecule has 0 heterocycles. The summed E-state index contributed by atoms with van der Waals surface area (Å²) in [4.78, 5) is 12.2. The molecule has 2 aromatic rings. The largest absolute Gasteiger partial charge is 0.386 e. The Bertz CT molecular complexity index is 576. The molecule has 0 saturated carbocycles. The van der Waals surface area contributed by atoms with Gasteiger partial charge in [-0.3, -0.25) is 4.79 Å². The molecule has 0 radical (unpaired) electrons. The highest BCUT2D eigenvalue weighted by molar-refractivity contribution is 7.95. The molecule has 0 aliphatic heterocycles. The second kappa shape index (κ2) is 7.15. The predicted molar refractivity (Wildman–Crippen MR) is 83.5 cm³/mol. The van der Waals surface area contributed by atoms with Crippen molar-refractivity contribution in [3.8, 4) is 11.1 Å². The monoisotopic (exact) mass is 286 g/mol. The first kappa shape index (κ1) is 14.7. The third-order valence-corrected chi connectivity index (χ3v) is 3.73. The lowest BCUT2D eigenvalue weighted by molar-refractivity contribution is -0.133. The van der Waals surface area contributed by atoms with E-state index in [4.69, 9.17) is 4.18 Å². The molecule has 0 fully saturated rings. The Hall–Kier alpha value is -1.74. The average Bonchev–Trinajstić information content (AvgIpc) is 2.47. The highest BCUT2D eigenvalue weighted by Crippen LogP contribution is 2.27. The predicted octanol–water partition coefficient (Wildman–Crippen LogP) is 5.01. The van der Waals surface area contributed by atoms with E-state index in [0.29, 0.717) is 6.42 Å². The first-order valence-corrected chi connectivity index (χ1v) is 7.48. The average molecular weight is 286 g/mol. The summed E-state index contributed by atoms with van der Waals surface area (Å²) in [5, 5.41) is 0. The number of carbonyl (C=O) groups excluding carboxylic acids is 1. The minimum Gasteiger partial charge on any atom is -0.386 e. The lowest BCUT2D eigenvalue weighted by atomic mass is 10.0. The van der Waals surface area contributed by atoms with E-state index in [1.54, 1.807) is 0 Å². The van der Waals surface area contributed by atoms with Crippen molar-refractivity contribution in [1.29, 1.82) is 0 Å². The smallest absolute Gasteiger partial charge is 0.318 e. The van der Waals surface area contributed by atoms with Crippen molar-refractivity contribution in [2.75, 3.05) is 0 Å². The summed E-state index contributed by atoms with van der Waals surface area (Å²) in [7, 11) is 0. The topological polar surface area (TPSA) is 26.3 Å². The normalized spacial score (nSPS) is 10.3. The van der Waals surface area contributed by atoms with Crippen LogP contribution in [0.5, 0.6) is 0 Å². The lowest BCUT2D eigenvalue weighted by Crippen LogP contribution is -1.96. The molecule has 2 rings (SSSR count). The van der Waals surface area contributed by atoms with Crippen LogP contribution >= 0.6 is 12.0 Å². The van der Waals surface area contributed by atoms with Gasteiger partial charge < -0.3 is 4.18 Å². The SMILES string of the molecule is CCCC(=O)OSc1ccc(-c2ccccc2C)cc1. The van der Waals surface area contributed by atoms with Crippen molar-refractivity contribution in [3.05, 3.63) is 54.1 Å². The third kappa shape index (κ3) is 3.87. The highest BCUT2D eigenvalue weighted by atomic mass is 32.2. The molecule has 0 saturated heterocycles. The maximum absolute atomic E-state index is 11.3. The second-order valence-electron chi connectivity index (χ2n) is 4.63. The fraction of sp³-hybridized carbons (Fsp3) is 0.235. The van der Waals surface area contributed by atoms with Crippen molar-refractivity contribution < 1.29 is 8.98 Å². The third-order valence-electron chi connectivity index (χ3n) is 3.00. The highest BCUT2D eigenvalue weighted by Gasteiger charge is 2.05. The van der Waals surface area contributed by atoms with Gasteiger partial charge in [-0.1, -0.05) is 43.3 Å². The summed E-state index contributed by atoms with van der Waals surface area (Å²) in [6.07, 6.45) is 1.28. The molecule has 0 N–H and O–H groups in total. The van der Waals surface area contributed by atoms with Crippen molar-refractivity contribution in [2.45, 2.75) is 31.6 Å². The van der Waals surface area contributed by atoms with E-state index < -0.39 is 0 Å². The van der Waals surface area contributed by atoms with Gasteiger partial charge in [0, 0.05) is 11.3 Å². The Morgan fingerprint density at radius 2 is 1.80 bits per heavy atom. The van der Waals surface area contributed by atoms with E-state index in [0.717, 1.165) is 23.4 Å². The maximum atomic E-state index is 11.3. The van der Waals surface area contributed by atoms with Crippen LogP contribution in [0.1, 0.15) is 25.3 Å². The summed E-state index contributed by atoms with van der Waals surface area (Å²) < 4.78 is 5.12. The molecule has 0 atom stereocenters. The zero-order valence-electron chi connectivity index (χ0n) is 11.8. The van der Waals surface area contributed by atoms with Gasteiger partial charge in [-0.2, -0.15) is 0 Å². The molecule has 0 aromatic heterocycles. The summed E-state index contributed by atoms with van der Waals surface area (Å²) >= 11 is 1.13. The standard InChI is InChI=1S/C17H18O2S/c1-3-6-17(18)19-20-15-11-9-14(10-12-15)16-8-5-4-7-13(16)2/h4-5,7-12H,3,6H2,1-2H3. The van der Waals surface area contributed by atoms with Crippen LogP contribution < -0.4 is 0 Å². The van der Waals surface area contributed by atoms with Gasteiger partial charge in [-0.05, 0) is 42.2 Å². The molecular weight excluding hydrogens is 268 g/mol. The maximum Gasteiger partial charge on any atom is 0.318 e. The molecule has 2 aromatic carbocycles. The summed E-state index contributed by atoms with van der Waals surface area (Å²) in [6, 6.07) is 16.4. The summed E-state index contributed by atoms with van der Waals surface area (Å²) in [5.74, 6) is -0.166. The summed E-state index contributed by atoms with van der Waals surface area (Å²) in [5.41, 5.74) is 3.65. The van der Waals surface area contributed by atoms with Crippen LogP contribution in [0, 0.1) is 6.92 Å². The Morgan fingerprint density at radius 1 is 1.10 bits per heavy atom. The molecular formula is C17H18O2S. The van der Waals surface area contributed by atoms with Gasteiger partial charge in [-0.15, -0.1) is 0 Å². The van der Waals surface area contributed by atoms with Gasteiger partial charge in [0.05, 0.1) is 12.0 Å². The molecule has 0 aliphatic rings. The number of benzene rings is 2. The Kier molecular flexibility index (Phi) is 5.24. The van der Waals surface area contributed by atoms with Gasteiger partial charge in [0.15, 0.2) is 0 Å². The number of hydrogen-bond donors (Lipinski definition) is 0. The number of hydrogen-bond acceptors (Lipinski definition) is 3. The van der Waals surface area contributed by atoms with Crippen molar-refractivity contribution in [2.24, 2.45) is 0 Å². The lowest BCUT2D eigenvalue weighted by Gasteiger charge is -2.07. The summed E-state index contributed by atoms with van der Waals surface area (Å²) in [6.45, 7) is 4.06. The minimum atomic E-state index is -0.166. The van der Waals surface area contributed by atoms with E-state index in [2.05, 4.69) is 31.2 Å². The fourth-order valence-electron chi connectivity index (χ4n) is 1.93. The van der Waals surface area contributed by atoms with Crippen LogP contribution in [0.2, 0.25) is 0 Å². The molecule has 0 aliphatic carbocycles. The zero-order chi connectivity index (χ0) is 14.4. The number of aryl methyl sites for hydroxylation is 1. The van der Waals surface area contributed by atoms with Crippen LogP contribution in [-0.4, -0.2) is 5.97 Å². The van der Waals surface area contributed by atoms with E-state index in [9.17, 15) is 4.79 Å². The fourth-order valence-corrected chi connectivity index (χ4v) is 2.45. The zero-order valence-corrected chi connectivity index (χ0v) is 12.6. The Balaban J connectivity index is 2.03. The first-order chi connectivity index (χ1) is 9.70. The molecule has 3 heteroatoms. The van der Waals surface area contributed by atoms with Crippen LogP contribution in [0.25, 0.3) is 11.1 Å². The van der Waals surface area contributed by atoms with E-state index >= 15 is 0 Å². The van der Waals surface area contributed by atoms with Gasteiger partial charge >= 0.3 is 5.97 Å². The molecule has 0 unspecified atom stereocenters. The minimum absolute atomic E-state index is 0.166. The van der Waals surface area contributed by atoms with Crippen LogP contribution in [0.4, 0.5) is 0 Å². The first-order valence-electron chi connectivity index (χ1n) is 6.74. The van der Waals surface area contributed by atoms with Gasteiger partial charge in [0.1, 0.15) is 0 Å². The van der Waals surface area contributed by atoms with Crippen LogP contribution in [-0.2, 0) is 8.98 Å². The molecule has 0 amide bonds. The van der Waals surface area contributed by atoms with E-state index in [1.807, 2.05) is 31.2 Å². The van der Waals surface area contributed by atoms with Gasteiger partial charge in [0.25, 0.3) is 0 Å². The number of carbonyl (C=O) groups is 1. The molecule has 2 nitrogen and oxygen atoms in total. The molecule has 20 heavy (non-hydrogen) atoms. The molecule has 0 spiro atoms. The second-order valence-corrected chi connectivity index (χ2v) is 5.43. The van der Waals surface area contributed by atoms with Crippen molar-refractivity contribution in [1.82, 2.24) is 0 Å². The number of rotatable bonds is 5. The van der Waals surface area contributed by atoms with Crippen LogP contribution in [0.15, 0.2) is 53.4 Å². The molecule has 104 valence electrons. The van der Waals surface area contributed by atoms with Gasteiger partial charge in [-0.25, -0.2) is 0 Å². The van der Waals surface area contributed by atoms with Crippen LogP contribution in [0.3, 0.4) is 0 Å². The van der Waals surface area contributed by atoms with E-state index in [-0.39, 0.29) is 5.97 Å². The Labute approximate surface area is 124 Å².